The van der Waals surface area contributed by atoms with Gasteiger partial charge in [-0.2, -0.15) is 13.2 Å². The molecule has 0 saturated carbocycles. The molecule has 2 aliphatic rings. The average molecular weight is 480 g/mol. The third-order valence-corrected chi connectivity index (χ3v) is 6.64. The summed E-state index contributed by atoms with van der Waals surface area (Å²) in [5, 5.41) is 2.65. The van der Waals surface area contributed by atoms with Crippen LogP contribution < -0.4 is 11.1 Å². The predicted octanol–water partition coefficient (Wildman–Crippen LogP) is 4.41. The molecule has 11 heteroatoms. The Hall–Kier alpha value is -3.21. The lowest BCUT2D eigenvalue weighted by molar-refractivity contribution is -0.137. The fourth-order valence-electron chi connectivity index (χ4n) is 3.78. The van der Waals surface area contributed by atoms with Crippen molar-refractivity contribution in [1.29, 1.82) is 0 Å². The standard InChI is InChI=1S/C22H17F5N4OS/c1-20(17-9-21(17,18(32)29-2)33-19(28)31-20)13-7-11(3-5-14(13)23)8-15(24)16-6-4-12(10-30-16)22(25,26)27/h3-10H,1-2H3,(H2,28,31)(H,29,32)/b15-8-/t20-,21+/m1/s1. The first-order valence-corrected chi connectivity index (χ1v) is 10.4. The molecule has 0 bridgehead atoms. The summed E-state index contributed by atoms with van der Waals surface area (Å²) in [7, 11) is 1.48. The number of halogens is 5. The van der Waals surface area contributed by atoms with Crippen LogP contribution in [0.5, 0.6) is 0 Å². The average Bonchev–Trinajstić information content (AvgIpc) is 3.50. The molecule has 2 aromatic rings. The van der Waals surface area contributed by atoms with Gasteiger partial charge in [-0.15, -0.1) is 0 Å². The van der Waals surface area contributed by atoms with Crippen LogP contribution in [0.4, 0.5) is 22.0 Å². The zero-order valence-electron chi connectivity index (χ0n) is 17.3. The molecular formula is C22H17F5N4OS. The molecule has 0 spiro atoms. The number of hydrogen-bond acceptors (Lipinski definition) is 5. The number of aromatic nitrogens is 1. The monoisotopic (exact) mass is 480 g/mol. The number of amides is 1. The highest BCUT2D eigenvalue weighted by Gasteiger charge is 2.62. The van der Waals surface area contributed by atoms with Crippen molar-refractivity contribution in [2.75, 3.05) is 7.05 Å². The smallest absolute Gasteiger partial charge is 0.378 e. The Morgan fingerprint density at radius 2 is 1.97 bits per heavy atom. The van der Waals surface area contributed by atoms with Crippen LogP contribution in [0.2, 0.25) is 0 Å². The van der Waals surface area contributed by atoms with Crippen LogP contribution in [0.3, 0.4) is 0 Å². The van der Waals surface area contributed by atoms with Crippen molar-refractivity contribution < 1.29 is 26.7 Å². The fourth-order valence-corrected chi connectivity index (χ4v) is 5.01. The summed E-state index contributed by atoms with van der Waals surface area (Å²) in [6.07, 6.45) is -1.36. The number of amidine groups is 1. The van der Waals surface area contributed by atoms with Crippen LogP contribution in [0, 0.1) is 5.82 Å². The molecule has 3 N–H and O–H groups in total. The molecule has 2 atom stereocenters. The lowest BCUT2D eigenvalue weighted by Crippen LogP contribution is -2.43. The number of pyridine rings is 1. The highest BCUT2D eigenvalue weighted by molar-refractivity contribution is 8.16. The number of nitrogens with one attached hydrogen (secondary N) is 1. The second-order valence-corrected chi connectivity index (χ2v) is 8.92. The number of fused-ring (bicyclic) bond motifs is 1. The predicted molar refractivity (Wildman–Crippen MR) is 116 cm³/mol. The zero-order valence-corrected chi connectivity index (χ0v) is 18.1. The molecule has 1 amide bonds. The molecule has 2 heterocycles. The Bertz CT molecular complexity index is 1240. The first-order chi connectivity index (χ1) is 15.4. The van der Waals surface area contributed by atoms with Crippen molar-refractivity contribution in [3.05, 3.63) is 76.4 Å². The summed E-state index contributed by atoms with van der Waals surface area (Å²) in [5.41, 5.74) is 4.20. The van der Waals surface area contributed by atoms with Gasteiger partial charge in [-0.25, -0.2) is 13.8 Å². The van der Waals surface area contributed by atoms with Crippen LogP contribution in [0.1, 0.15) is 29.3 Å². The van der Waals surface area contributed by atoms with Crippen LogP contribution in [-0.4, -0.2) is 27.9 Å². The molecule has 33 heavy (non-hydrogen) atoms. The van der Waals surface area contributed by atoms with Gasteiger partial charge >= 0.3 is 6.18 Å². The van der Waals surface area contributed by atoms with E-state index in [1.165, 1.54) is 19.2 Å². The second-order valence-electron chi connectivity index (χ2n) is 7.66. The Balaban J connectivity index is 1.70. The minimum Gasteiger partial charge on any atom is -0.378 e. The van der Waals surface area contributed by atoms with Gasteiger partial charge in [0.15, 0.2) is 5.17 Å². The molecule has 0 unspecified atom stereocenters. The summed E-state index contributed by atoms with van der Waals surface area (Å²) in [6.45, 7) is 1.61. The molecule has 1 aromatic heterocycles. The minimum atomic E-state index is -4.59. The number of alkyl halides is 3. The number of rotatable bonds is 4. The van der Waals surface area contributed by atoms with Gasteiger partial charge in [0, 0.05) is 18.8 Å². The highest BCUT2D eigenvalue weighted by Crippen LogP contribution is 2.60. The van der Waals surface area contributed by atoms with E-state index < -0.39 is 33.7 Å². The zero-order chi connectivity index (χ0) is 24.2. The summed E-state index contributed by atoms with van der Waals surface area (Å²) < 4.78 is 66.6. The molecule has 172 valence electrons. The van der Waals surface area contributed by atoms with E-state index in [2.05, 4.69) is 15.3 Å². The molecule has 1 aliphatic carbocycles. The first kappa shape index (κ1) is 23.0. The van der Waals surface area contributed by atoms with Crippen molar-refractivity contribution in [3.63, 3.8) is 0 Å². The fraction of sp³-hybridized carbons (Fsp3) is 0.227. The van der Waals surface area contributed by atoms with Crippen molar-refractivity contribution in [3.8, 4) is 0 Å². The van der Waals surface area contributed by atoms with Gasteiger partial charge < -0.3 is 11.1 Å². The maximum absolute atomic E-state index is 14.9. The molecule has 0 radical (unpaired) electrons. The van der Waals surface area contributed by atoms with Crippen molar-refractivity contribution in [2.24, 2.45) is 10.7 Å². The lowest BCUT2D eigenvalue weighted by atomic mass is 9.86. The van der Waals surface area contributed by atoms with Gasteiger partial charge in [-0.3, -0.25) is 9.78 Å². The number of carbonyl (C=O) groups excluding carboxylic acids is 1. The van der Waals surface area contributed by atoms with E-state index in [0.29, 0.717) is 11.8 Å². The van der Waals surface area contributed by atoms with Crippen LogP contribution >= 0.6 is 11.8 Å². The third kappa shape index (κ3) is 3.90. The number of benzene rings is 1. The van der Waals surface area contributed by atoms with Gasteiger partial charge in [0.05, 0.1) is 11.3 Å². The topological polar surface area (TPSA) is 80.4 Å². The SMILES string of the molecule is CNC(=O)[C@]12C=C1[C@@](C)(c1cc(/C=C(\F)c3ccc(C(F)(F)F)cn3)ccc1F)N=C(N)S2. The summed E-state index contributed by atoms with van der Waals surface area (Å²) in [6, 6.07) is 5.43. The maximum Gasteiger partial charge on any atom is 0.417 e. The highest BCUT2D eigenvalue weighted by atomic mass is 32.2. The van der Waals surface area contributed by atoms with Gasteiger partial charge in [0.1, 0.15) is 21.9 Å². The Kier molecular flexibility index (Phi) is 5.35. The second kappa shape index (κ2) is 7.68. The quantitative estimate of drug-likeness (QED) is 0.502. The van der Waals surface area contributed by atoms with E-state index in [0.717, 1.165) is 36.0 Å². The molecule has 1 aromatic carbocycles. The van der Waals surface area contributed by atoms with E-state index in [-0.39, 0.29) is 27.9 Å². The van der Waals surface area contributed by atoms with E-state index in [4.69, 9.17) is 5.73 Å². The summed E-state index contributed by atoms with van der Waals surface area (Å²) >= 11 is 1.05. The Morgan fingerprint density at radius 3 is 2.58 bits per heavy atom. The lowest BCUT2D eigenvalue weighted by Gasteiger charge is -2.33. The third-order valence-electron chi connectivity index (χ3n) is 5.50. The van der Waals surface area contributed by atoms with E-state index in [9.17, 15) is 26.7 Å². The number of thioether (sulfide) groups is 1. The van der Waals surface area contributed by atoms with Crippen molar-refractivity contribution in [1.82, 2.24) is 10.3 Å². The Morgan fingerprint density at radius 1 is 1.24 bits per heavy atom. The number of nitrogens with two attached hydrogens (primary N) is 1. The number of hydrogen-bond donors (Lipinski definition) is 2. The van der Waals surface area contributed by atoms with Crippen LogP contribution in [0.25, 0.3) is 11.9 Å². The van der Waals surface area contributed by atoms with Gasteiger partial charge in [0.2, 0.25) is 5.91 Å². The number of carbonyl (C=O) groups is 1. The number of aliphatic imine (C=N–C) groups is 1. The van der Waals surface area contributed by atoms with Gasteiger partial charge in [-0.1, -0.05) is 23.9 Å². The molecular weight excluding hydrogens is 463 g/mol. The van der Waals surface area contributed by atoms with Gasteiger partial charge in [-0.05, 0) is 48.4 Å². The van der Waals surface area contributed by atoms with E-state index in [1.807, 2.05) is 0 Å². The number of nitrogens with zero attached hydrogens (tertiary/aromatic N) is 2. The van der Waals surface area contributed by atoms with Crippen LogP contribution in [0.15, 0.2) is 53.2 Å². The van der Waals surface area contributed by atoms with Crippen molar-refractivity contribution >= 4 is 34.7 Å². The first-order valence-electron chi connectivity index (χ1n) is 9.62. The van der Waals surface area contributed by atoms with Gasteiger partial charge in [0.25, 0.3) is 0 Å². The summed E-state index contributed by atoms with van der Waals surface area (Å²) in [5.74, 6) is -1.86. The molecule has 1 aliphatic heterocycles. The minimum absolute atomic E-state index is 0.0738. The molecule has 0 saturated heterocycles. The molecule has 0 fully saturated rings. The summed E-state index contributed by atoms with van der Waals surface area (Å²) in [4.78, 5) is 20.3. The van der Waals surface area contributed by atoms with E-state index in [1.54, 1.807) is 13.0 Å². The normalized spacial score (nSPS) is 24.5. The molecule has 5 nitrogen and oxygen atoms in total. The van der Waals surface area contributed by atoms with Crippen LogP contribution in [-0.2, 0) is 16.5 Å². The van der Waals surface area contributed by atoms with Crippen molar-refractivity contribution in [2.45, 2.75) is 23.4 Å². The van der Waals surface area contributed by atoms with E-state index >= 15 is 0 Å². The Labute approximate surface area is 189 Å². The molecule has 4 rings (SSSR count). The maximum atomic E-state index is 14.9. The largest absolute Gasteiger partial charge is 0.417 e.